The summed E-state index contributed by atoms with van der Waals surface area (Å²) in [5, 5.41) is 28.7. The standard InChI is InChI=1S/C34H41ClN4O9/c1-5-12-37-17-23(40)18-48-28-11-10-24(15-22(28)16-36)47-20-29(41)38-13-14-46-19-27-32(34(43)45-4)31(25-8-6-7-9-26(25)35)30(21(2)39-27)33(42)44-3/h6-11,15,23,31,37,39-40H,5,12-14,17-20H2,1-4H3,(H,38,41). The van der Waals surface area contributed by atoms with Gasteiger partial charge < -0.3 is 44.7 Å². The number of carbonyl (C=O) groups is 3. The number of allylic oxidation sites excluding steroid dienone is 1. The molecule has 0 saturated carbocycles. The molecule has 48 heavy (non-hydrogen) atoms. The summed E-state index contributed by atoms with van der Waals surface area (Å²) in [4.78, 5) is 38.3. The normalized spacial score (nSPS) is 14.8. The van der Waals surface area contributed by atoms with Gasteiger partial charge in [-0.3, -0.25) is 4.79 Å². The van der Waals surface area contributed by atoms with Crippen LogP contribution in [0.25, 0.3) is 0 Å². The van der Waals surface area contributed by atoms with Crippen LogP contribution in [-0.4, -0.2) is 89.3 Å². The van der Waals surface area contributed by atoms with E-state index in [9.17, 15) is 24.8 Å². The summed E-state index contributed by atoms with van der Waals surface area (Å²) in [6, 6.07) is 13.5. The van der Waals surface area contributed by atoms with Crippen molar-refractivity contribution in [2.75, 3.05) is 60.3 Å². The van der Waals surface area contributed by atoms with E-state index in [1.807, 2.05) is 13.0 Å². The third kappa shape index (κ3) is 10.4. The molecule has 13 nitrogen and oxygen atoms in total. The minimum atomic E-state index is -0.878. The molecule has 0 aromatic heterocycles. The number of hydrogen-bond acceptors (Lipinski definition) is 12. The number of halogens is 1. The van der Waals surface area contributed by atoms with Crippen LogP contribution in [0.4, 0.5) is 0 Å². The molecule has 0 radical (unpaired) electrons. The second kappa shape index (κ2) is 19.3. The molecule has 258 valence electrons. The van der Waals surface area contributed by atoms with Crippen molar-refractivity contribution in [3.05, 3.63) is 81.2 Å². The Morgan fingerprint density at radius 1 is 1.06 bits per heavy atom. The van der Waals surface area contributed by atoms with Crippen molar-refractivity contribution in [1.82, 2.24) is 16.0 Å². The highest BCUT2D eigenvalue weighted by Gasteiger charge is 2.39. The van der Waals surface area contributed by atoms with Gasteiger partial charge >= 0.3 is 11.9 Å². The number of rotatable bonds is 18. The zero-order valence-electron chi connectivity index (χ0n) is 27.4. The molecular formula is C34H41ClN4O9. The quantitative estimate of drug-likeness (QED) is 0.134. The molecule has 3 rings (SSSR count). The smallest absolute Gasteiger partial charge is 0.336 e. The number of nitrogens with zero attached hydrogens (tertiary/aromatic N) is 1. The molecule has 2 aromatic rings. The Morgan fingerprint density at radius 2 is 1.79 bits per heavy atom. The van der Waals surface area contributed by atoms with Crippen molar-refractivity contribution < 1.29 is 43.2 Å². The SMILES string of the molecule is CCCNCC(O)COc1ccc(OCC(=O)NCCOCC2=C(C(=O)OC)C(c3ccccc3Cl)C(C(=O)OC)=C(C)N2)cc1C#N. The molecule has 0 fully saturated rings. The molecule has 1 aliphatic rings. The van der Waals surface area contributed by atoms with Crippen LogP contribution < -0.4 is 25.4 Å². The molecule has 2 unspecified atom stereocenters. The van der Waals surface area contributed by atoms with Crippen LogP contribution in [0.5, 0.6) is 11.5 Å². The summed E-state index contributed by atoms with van der Waals surface area (Å²) in [5.41, 5.74) is 1.90. The third-order valence-corrected chi connectivity index (χ3v) is 7.51. The first-order valence-corrected chi connectivity index (χ1v) is 15.7. The van der Waals surface area contributed by atoms with E-state index in [-0.39, 0.29) is 49.7 Å². The van der Waals surface area contributed by atoms with Crippen LogP contribution in [0.1, 0.15) is 37.3 Å². The molecule has 0 saturated heterocycles. The third-order valence-electron chi connectivity index (χ3n) is 7.17. The number of nitrogens with one attached hydrogen (secondary N) is 3. The van der Waals surface area contributed by atoms with Crippen LogP contribution in [0, 0.1) is 11.3 Å². The summed E-state index contributed by atoms with van der Waals surface area (Å²) in [7, 11) is 2.49. The zero-order chi connectivity index (χ0) is 35.1. The fourth-order valence-corrected chi connectivity index (χ4v) is 5.15. The predicted octanol–water partition coefficient (Wildman–Crippen LogP) is 2.72. The van der Waals surface area contributed by atoms with Crippen molar-refractivity contribution in [1.29, 1.82) is 5.26 Å². The Labute approximate surface area is 284 Å². The maximum Gasteiger partial charge on any atom is 0.336 e. The van der Waals surface area contributed by atoms with E-state index in [4.69, 9.17) is 35.3 Å². The van der Waals surface area contributed by atoms with E-state index in [0.717, 1.165) is 13.0 Å². The van der Waals surface area contributed by atoms with E-state index in [0.29, 0.717) is 40.0 Å². The first kappa shape index (κ1) is 37.8. The average Bonchev–Trinajstić information content (AvgIpc) is 3.09. The van der Waals surface area contributed by atoms with Crippen molar-refractivity contribution in [3.8, 4) is 17.6 Å². The Bertz CT molecular complexity index is 1550. The number of aliphatic hydroxyl groups is 1. The molecule has 2 aromatic carbocycles. The van der Waals surface area contributed by atoms with Crippen molar-refractivity contribution in [2.45, 2.75) is 32.3 Å². The molecular weight excluding hydrogens is 644 g/mol. The molecule has 2 atom stereocenters. The monoisotopic (exact) mass is 684 g/mol. The lowest BCUT2D eigenvalue weighted by Crippen LogP contribution is -2.35. The van der Waals surface area contributed by atoms with Crippen LogP contribution >= 0.6 is 11.6 Å². The van der Waals surface area contributed by atoms with Gasteiger partial charge in [-0.05, 0) is 43.7 Å². The minimum absolute atomic E-state index is 0.0141. The molecule has 1 heterocycles. The lowest BCUT2D eigenvalue weighted by Gasteiger charge is -2.31. The molecule has 4 N–H and O–H groups in total. The lowest BCUT2D eigenvalue weighted by molar-refractivity contribution is -0.137. The van der Waals surface area contributed by atoms with Gasteiger partial charge in [0.25, 0.3) is 5.91 Å². The Hall–Kier alpha value is -4.61. The highest BCUT2D eigenvalue weighted by Crippen LogP contribution is 2.41. The Kier molecular flexibility index (Phi) is 15.2. The van der Waals surface area contributed by atoms with Gasteiger partial charge in [0.2, 0.25) is 0 Å². The Balaban J connectivity index is 1.56. The first-order chi connectivity index (χ1) is 23.1. The van der Waals surface area contributed by atoms with Crippen molar-refractivity contribution in [2.24, 2.45) is 0 Å². The van der Waals surface area contributed by atoms with Gasteiger partial charge in [-0.2, -0.15) is 5.26 Å². The van der Waals surface area contributed by atoms with E-state index in [1.54, 1.807) is 43.3 Å². The molecule has 1 aliphatic heterocycles. The maximum absolute atomic E-state index is 13.1. The first-order valence-electron chi connectivity index (χ1n) is 15.3. The number of methoxy groups -OCH3 is 2. The van der Waals surface area contributed by atoms with Gasteiger partial charge in [0, 0.05) is 29.9 Å². The number of esters is 2. The van der Waals surface area contributed by atoms with Gasteiger partial charge in [-0.1, -0.05) is 36.7 Å². The van der Waals surface area contributed by atoms with E-state index in [2.05, 4.69) is 16.0 Å². The van der Waals surface area contributed by atoms with Gasteiger partial charge in [0.15, 0.2) is 6.61 Å². The number of nitriles is 1. The Morgan fingerprint density at radius 3 is 2.48 bits per heavy atom. The van der Waals surface area contributed by atoms with Crippen molar-refractivity contribution in [3.63, 3.8) is 0 Å². The van der Waals surface area contributed by atoms with Gasteiger partial charge in [-0.15, -0.1) is 0 Å². The average molecular weight is 685 g/mol. The molecule has 14 heteroatoms. The zero-order valence-corrected chi connectivity index (χ0v) is 28.1. The van der Waals surface area contributed by atoms with Gasteiger partial charge in [-0.25, -0.2) is 9.59 Å². The highest BCUT2D eigenvalue weighted by atomic mass is 35.5. The van der Waals surface area contributed by atoms with Crippen LogP contribution in [-0.2, 0) is 28.6 Å². The van der Waals surface area contributed by atoms with Crippen LogP contribution in [0.15, 0.2) is 65.0 Å². The molecule has 0 bridgehead atoms. The molecule has 0 aliphatic carbocycles. The fraction of sp³-hybridized carbons (Fsp3) is 0.412. The minimum Gasteiger partial charge on any atom is -0.489 e. The number of benzene rings is 2. The van der Waals surface area contributed by atoms with E-state index in [1.165, 1.54) is 20.3 Å². The fourth-order valence-electron chi connectivity index (χ4n) is 4.90. The number of dihydropyridines is 1. The molecule has 1 amide bonds. The van der Waals surface area contributed by atoms with E-state index < -0.39 is 29.9 Å². The summed E-state index contributed by atoms with van der Waals surface area (Å²) < 4.78 is 27.0. The second-order valence-electron chi connectivity index (χ2n) is 10.6. The van der Waals surface area contributed by atoms with Crippen molar-refractivity contribution >= 4 is 29.4 Å². The van der Waals surface area contributed by atoms with Gasteiger partial charge in [0.05, 0.1) is 55.8 Å². The topological polar surface area (TPSA) is 177 Å². The van der Waals surface area contributed by atoms with Crippen LogP contribution in [0.3, 0.4) is 0 Å². The second-order valence-corrected chi connectivity index (χ2v) is 11.0. The number of aliphatic hydroxyl groups excluding tert-OH is 1. The van der Waals surface area contributed by atoms with E-state index >= 15 is 0 Å². The largest absolute Gasteiger partial charge is 0.489 e. The lowest BCUT2D eigenvalue weighted by atomic mass is 9.80. The molecule has 0 spiro atoms. The predicted molar refractivity (Wildman–Crippen MR) is 176 cm³/mol. The van der Waals surface area contributed by atoms with Gasteiger partial charge in [0.1, 0.15) is 30.3 Å². The number of amides is 1. The maximum atomic E-state index is 13.1. The number of ether oxygens (including phenoxy) is 5. The summed E-state index contributed by atoms with van der Waals surface area (Å²) in [6.07, 6.45) is 0.211. The summed E-state index contributed by atoms with van der Waals surface area (Å²) >= 11 is 6.50. The number of carbonyl (C=O) groups excluding carboxylic acids is 3. The summed E-state index contributed by atoms with van der Waals surface area (Å²) in [6.45, 7) is 4.71. The van der Waals surface area contributed by atoms with Crippen LogP contribution in [0.2, 0.25) is 5.02 Å². The number of hydrogen-bond donors (Lipinski definition) is 4. The highest BCUT2D eigenvalue weighted by molar-refractivity contribution is 6.31. The summed E-state index contributed by atoms with van der Waals surface area (Å²) in [5.74, 6) is -2.02.